The Labute approximate surface area is 176 Å². The average Bonchev–Trinajstić information content (AvgIpc) is 2.74. The highest BCUT2D eigenvalue weighted by Crippen LogP contribution is 2.45. The molecular weight excluding hydrogens is 382 g/mol. The number of methoxy groups -OCH3 is 1. The number of ether oxygens (including phenoxy) is 3. The first-order chi connectivity index (χ1) is 14.5. The molecule has 0 saturated carbocycles. The Morgan fingerprint density at radius 3 is 2.47 bits per heavy atom. The third-order valence-electron chi connectivity index (χ3n) is 5.93. The summed E-state index contributed by atoms with van der Waals surface area (Å²) in [6.45, 7) is 2.91. The van der Waals surface area contributed by atoms with Gasteiger partial charge in [-0.15, -0.1) is 0 Å². The minimum atomic E-state index is -0.282. The molecule has 0 bridgehead atoms. The summed E-state index contributed by atoms with van der Waals surface area (Å²) in [5.74, 6) is 0.523. The van der Waals surface area contributed by atoms with Gasteiger partial charge in [-0.25, -0.2) is 0 Å². The monoisotopic (exact) mass is 409 g/mol. The van der Waals surface area contributed by atoms with Crippen LogP contribution < -0.4 is 10.1 Å². The molecule has 6 heteroatoms. The van der Waals surface area contributed by atoms with Crippen LogP contribution in [0, 0.1) is 0 Å². The number of nitrogens with one attached hydrogen (secondary N) is 1. The van der Waals surface area contributed by atoms with Crippen LogP contribution in [-0.4, -0.2) is 37.8 Å². The van der Waals surface area contributed by atoms with Gasteiger partial charge in [-0.2, -0.15) is 0 Å². The number of rotatable bonds is 4. The first-order valence-electron chi connectivity index (χ1n) is 10.3. The fourth-order valence-electron chi connectivity index (χ4n) is 4.33. The third-order valence-corrected chi connectivity index (χ3v) is 5.93. The van der Waals surface area contributed by atoms with Crippen molar-refractivity contribution >= 4 is 11.9 Å². The zero-order valence-corrected chi connectivity index (χ0v) is 17.4. The second-order valence-corrected chi connectivity index (χ2v) is 8.06. The summed E-state index contributed by atoms with van der Waals surface area (Å²) in [5, 5.41) is 3.11. The van der Waals surface area contributed by atoms with Gasteiger partial charge in [-0.3, -0.25) is 9.59 Å². The summed E-state index contributed by atoms with van der Waals surface area (Å²) in [4.78, 5) is 23.4. The molecular formula is C24H27NO5. The van der Waals surface area contributed by atoms with E-state index in [1.165, 1.54) is 7.11 Å². The molecule has 2 heterocycles. The van der Waals surface area contributed by atoms with Crippen LogP contribution in [0.25, 0.3) is 11.1 Å². The zero-order chi connectivity index (χ0) is 21.1. The van der Waals surface area contributed by atoms with Gasteiger partial charge in [0.15, 0.2) is 0 Å². The van der Waals surface area contributed by atoms with E-state index in [2.05, 4.69) is 11.4 Å². The van der Waals surface area contributed by atoms with Gasteiger partial charge in [0.2, 0.25) is 5.91 Å². The average molecular weight is 409 g/mol. The number of hydrogen-bond acceptors (Lipinski definition) is 5. The summed E-state index contributed by atoms with van der Waals surface area (Å²) >= 11 is 0. The Morgan fingerprint density at radius 1 is 1.10 bits per heavy atom. The SMILES string of the molecule is COC(=O)Cc1ccc(-c2ccc3c(c2)C(NC(C)=O)CC2(CCOCC2)O3)cc1. The lowest BCUT2D eigenvalue weighted by Gasteiger charge is -2.44. The molecule has 0 aliphatic carbocycles. The van der Waals surface area contributed by atoms with Gasteiger partial charge in [0, 0.05) is 31.7 Å². The second kappa shape index (κ2) is 8.48. The Hall–Kier alpha value is -2.86. The minimum absolute atomic E-state index is 0.0485. The van der Waals surface area contributed by atoms with Crippen LogP contribution in [-0.2, 0) is 25.5 Å². The van der Waals surface area contributed by atoms with E-state index in [9.17, 15) is 9.59 Å². The van der Waals surface area contributed by atoms with Crippen molar-refractivity contribution in [3.05, 3.63) is 53.6 Å². The fourth-order valence-corrected chi connectivity index (χ4v) is 4.33. The van der Waals surface area contributed by atoms with Crippen molar-refractivity contribution in [1.29, 1.82) is 0 Å². The van der Waals surface area contributed by atoms with Crippen LogP contribution in [0.15, 0.2) is 42.5 Å². The summed E-state index contributed by atoms with van der Waals surface area (Å²) in [7, 11) is 1.39. The number of hydrogen-bond donors (Lipinski definition) is 1. The second-order valence-electron chi connectivity index (χ2n) is 8.06. The van der Waals surface area contributed by atoms with Crippen molar-refractivity contribution in [2.45, 2.75) is 44.2 Å². The third kappa shape index (κ3) is 4.33. The smallest absolute Gasteiger partial charge is 0.309 e. The van der Waals surface area contributed by atoms with Crippen molar-refractivity contribution in [2.24, 2.45) is 0 Å². The van der Waals surface area contributed by atoms with Crippen LogP contribution >= 0.6 is 0 Å². The van der Waals surface area contributed by atoms with Crippen LogP contribution in [0.2, 0.25) is 0 Å². The highest BCUT2D eigenvalue weighted by Gasteiger charge is 2.42. The maximum absolute atomic E-state index is 11.9. The minimum Gasteiger partial charge on any atom is -0.487 e. The van der Waals surface area contributed by atoms with Crippen molar-refractivity contribution < 1.29 is 23.8 Å². The first-order valence-corrected chi connectivity index (χ1v) is 10.3. The van der Waals surface area contributed by atoms with Gasteiger partial charge < -0.3 is 19.5 Å². The van der Waals surface area contributed by atoms with E-state index >= 15 is 0 Å². The van der Waals surface area contributed by atoms with E-state index in [1.54, 1.807) is 6.92 Å². The van der Waals surface area contributed by atoms with E-state index in [0.29, 0.717) is 13.2 Å². The quantitative estimate of drug-likeness (QED) is 0.782. The maximum atomic E-state index is 11.9. The van der Waals surface area contributed by atoms with Crippen molar-refractivity contribution in [3.63, 3.8) is 0 Å². The number of esters is 1. The van der Waals surface area contributed by atoms with Crippen molar-refractivity contribution in [1.82, 2.24) is 5.32 Å². The molecule has 1 fully saturated rings. The summed E-state index contributed by atoms with van der Waals surface area (Å²) in [5.41, 5.74) is 3.71. The molecule has 158 valence electrons. The highest BCUT2D eigenvalue weighted by atomic mass is 16.5. The Bertz CT molecular complexity index is 931. The molecule has 2 aromatic rings. The first kappa shape index (κ1) is 20.4. The van der Waals surface area contributed by atoms with E-state index in [1.807, 2.05) is 36.4 Å². The van der Waals surface area contributed by atoms with E-state index in [-0.39, 0.29) is 29.9 Å². The topological polar surface area (TPSA) is 73.9 Å². The predicted octanol–water partition coefficient (Wildman–Crippen LogP) is 3.58. The number of carbonyl (C=O) groups is 2. The number of fused-ring (bicyclic) bond motifs is 1. The maximum Gasteiger partial charge on any atom is 0.309 e. The highest BCUT2D eigenvalue weighted by molar-refractivity contribution is 5.75. The van der Waals surface area contributed by atoms with Crippen LogP contribution in [0.4, 0.5) is 0 Å². The van der Waals surface area contributed by atoms with Gasteiger partial charge in [0.05, 0.1) is 32.8 Å². The molecule has 2 aliphatic rings. The number of benzene rings is 2. The van der Waals surface area contributed by atoms with E-state index in [4.69, 9.17) is 14.2 Å². The van der Waals surface area contributed by atoms with Crippen molar-refractivity contribution in [3.8, 4) is 16.9 Å². The molecule has 1 saturated heterocycles. The molecule has 1 unspecified atom stereocenters. The van der Waals surface area contributed by atoms with Crippen LogP contribution in [0.3, 0.4) is 0 Å². The molecule has 1 atom stereocenters. The molecule has 1 spiro atoms. The molecule has 2 aliphatic heterocycles. The Morgan fingerprint density at radius 2 is 1.80 bits per heavy atom. The Kier molecular flexibility index (Phi) is 5.77. The van der Waals surface area contributed by atoms with E-state index < -0.39 is 0 Å². The molecule has 1 amide bonds. The molecule has 6 nitrogen and oxygen atoms in total. The van der Waals surface area contributed by atoms with Crippen LogP contribution in [0.1, 0.15) is 43.4 Å². The van der Waals surface area contributed by atoms with Gasteiger partial charge >= 0.3 is 5.97 Å². The molecule has 4 rings (SSSR count). The standard InChI is InChI=1S/C24H27NO5/c1-16(26)25-21-15-24(9-11-29-12-10-24)30-22-8-7-19(14-20(21)22)18-5-3-17(4-6-18)13-23(27)28-2/h3-8,14,21H,9-13,15H2,1-2H3,(H,25,26). The summed E-state index contributed by atoms with van der Waals surface area (Å²) in [6, 6.07) is 13.9. The molecule has 1 N–H and O–H groups in total. The van der Waals surface area contributed by atoms with Gasteiger partial charge in [0.1, 0.15) is 11.4 Å². The lowest BCUT2D eigenvalue weighted by Crippen LogP contribution is -2.48. The number of carbonyl (C=O) groups excluding carboxylic acids is 2. The van der Waals surface area contributed by atoms with Crippen molar-refractivity contribution in [2.75, 3.05) is 20.3 Å². The largest absolute Gasteiger partial charge is 0.487 e. The van der Waals surface area contributed by atoms with Gasteiger partial charge in [-0.1, -0.05) is 30.3 Å². The van der Waals surface area contributed by atoms with Gasteiger partial charge in [-0.05, 0) is 28.8 Å². The molecule has 0 aromatic heterocycles. The lowest BCUT2D eigenvalue weighted by atomic mass is 9.81. The Balaban J connectivity index is 1.62. The zero-order valence-electron chi connectivity index (χ0n) is 17.4. The molecule has 0 radical (unpaired) electrons. The predicted molar refractivity (Wildman–Crippen MR) is 112 cm³/mol. The lowest BCUT2D eigenvalue weighted by molar-refractivity contribution is -0.139. The van der Waals surface area contributed by atoms with Crippen LogP contribution in [0.5, 0.6) is 5.75 Å². The normalized spacial score (nSPS) is 19.5. The molecule has 30 heavy (non-hydrogen) atoms. The number of amides is 1. The fraction of sp³-hybridized carbons (Fsp3) is 0.417. The summed E-state index contributed by atoms with van der Waals surface area (Å²) < 4.78 is 16.7. The summed E-state index contributed by atoms with van der Waals surface area (Å²) in [6.07, 6.45) is 2.65. The molecule has 2 aromatic carbocycles. The van der Waals surface area contributed by atoms with E-state index in [0.717, 1.165) is 47.3 Å². The van der Waals surface area contributed by atoms with Gasteiger partial charge in [0.25, 0.3) is 0 Å².